The van der Waals surface area contributed by atoms with Crippen LogP contribution in [0.5, 0.6) is 0 Å². The summed E-state index contributed by atoms with van der Waals surface area (Å²) in [7, 11) is 0. The van der Waals surface area contributed by atoms with Crippen molar-refractivity contribution in [3.8, 4) is 6.07 Å². The van der Waals surface area contributed by atoms with E-state index in [0.29, 0.717) is 0 Å². The number of anilines is 1. The molecule has 0 fully saturated rings. The fourth-order valence-corrected chi connectivity index (χ4v) is 1.29. The number of hydrogen-bond donors (Lipinski definition) is 1. The van der Waals surface area contributed by atoms with Gasteiger partial charge in [-0.25, -0.2) is 4.79 Å². The number of nitriles is 1. The minimum Gasteiger partial charge on any atom is -0.462 e. The molecule has 7 heteroatoms. The SMILES string of the molecule is CCOC(=O)C(C#N)=CNc1cccc(C(F)(F)F)c1. The van der Waals surface area contributed by atoms with E-state index in [-0.39, 0.29) is 17.9 Å². The molecule has 1 aromatic carbocycles. The number of carbonyl (C=O) groups is 1. The molecule has 0 atom stereocenters. The number of rotatable bonds is 4. The van der Waals surface area contributed by atoms with Gasteiger partial charge in [0.1, 0.15) is 6.07 Å². The lowest BCUT2D eigenvalue weighted by atomic mass is 10.2. The van der Waals surface area contributed by atoms with Crippen molar-refractivity contribution in [2.75, 3.05) is 11.9 Å². The van der Waals surface area contributed by atoms with E-state index in [9.17, 15) is 18.0 Å². The summed E-state index contributed by atoms with van der Waals surface area (Å²) < 4.78 is 42.1. The van der Waals surface area contributed by atoms with Gasteiger partial charge in [-0.3, -0.25) is 0 Å². The summed E-state index contributed by atoms with van der Waals surface area (Å²) in [5.41, 5.74) is -1.05. The molecule has 0 aliphatic heterocycles. The molecule has 0 saturated heterocycles. The predicted molar refractivity (Wildman–Crippen MR) is 65.4 cm³/mol. The van der Waals surface area contributed by atoms with Crippen LogP contribution >= 0.6 is 0 Å². The summed E-state index contributed by atoms with van der Waals surface area (Å²) in [6.07, 6.45) is -3.45. The van der Waals surface area contributed by atoms with Gasteiger partial charge in [0.25, 0.3) is 0 Å². The Kier molecular flexibility index (Phi) is 5.15. The molecule has 1 rings (SSSR count). The van der Waals surface area contributed by atoms with Gasteiger partial charge in [-0.05, 0) is 25.1 Å². The average molecular weight is 284 g/mol. The number of carbonyl (C=O) groups excluding carboxylic acids is 1. The molecule has 0 spiro atoms. The minimum absolute atomic E-state index is 0.0986. The lowest BCUT2D eigenvalue weighted by Crippen LogP contribution is -2.08. The predicted octanol–water partition coefficient (Wildman–Crippen LogP) is 3.09. The zero-order valence-corrected chi connectivity index (χ0v) is 10.5. The second kappa shape index (κ2) is 6.61. The van der Waals surface area contributed by atoms with Gasteiger partial charge in [0.15, 0.2) is 5.57 Å². The highest BCUT2D eigenvalue weighted by molar-refractivity contribution is 5.93. The van der Waals surface area contributed by atoms with Gasteiger partial charge in [-0.1, -0.05) is 6.07 Å². The van der Waals surface area contributed by atoms with Gasteiger partial charge < -0.3 is 10.1 Å². The first kappa shape index (κ1) is 15.6. The van der Waals surface area contributed by atoms with Crippen LogP contribution in [-0.4, -0.2) is 12.6 Å². The van der Waals surface area contributed by atoms with Crippen molar-refractivity contribution >= 4 is 11.7 Å². The second-order valence-corrected chi connectivity index (χ2v) is 3.61. The summed E-state index contributed by atoms with van der Waals surface area (Å²) >= 11 is 0. The number of nitrogens with one attached hydrogen (secondary N) is 1. The van der Waals surface area contributed by atoms with E-state index in [1.807, 2.05) is 0 Å². The van der Waals surface area contributed by atoms with Gasteiger partial charge in [-0.15, -0.1) is 0 Å². The molecule has 0 unspecified atom stereocenters. The third kappa shape index (κ3) is 4.31. The topological polar surface area (TPSA) is 62.1 Å². The zero-order chi connectivity index (χ0) is 15.2. The van der Waals surface area contributed by atoms with E-state index in [4.69, 9.17) is 5.26 Å². The third-order valence-electron chi connectivity index (χ3n) is 2.19. The highest BCUT2D eigenvalue weighted by atomic mass is 19.4. The van der Waals surface area contributed by atoms with Crippen LogP contribution in [0.15, 0.2) is 36.0 Å². The maximum Gasteiger partial charge on any atom is 0.416 e. The van der Waals surface area contributed by atoms with Gasteiger partial charge in [-0.2, -0.15) is 18.4 Å². The molecule has 0 aliphatic carbocycles. The minimum atomic E-state index is -4.46. The van der Waals surface area contributed by atoms with Crippen molar-refractivity contribution in [3.05, 3.63) is 41.6 Å². The average Bonchev–Trinajstić information content (AvgIpc) is 2.39. The van der Waals surface area contributed by atoms with Crippen LogP contribution in [0.3, 0.4) is 0 Å². The molecular formula is C13H11F3N2O2. The maximum absolute atomic E-state index is 12.5. The Morgan fingerprint density at radius 2 is 2.20 bits per heavy atom. The zero-order valence-electron chi connectivity index (χ0n) is 10.5. The van der Waals surface area contributed by atoms with Crippen molar-refractivity contribution in [3.63, 3.8) is 0 Å². The number of ether oxygens (including phenoxy) is 1. The largest absolute Gasteiger partial charge is 0.462 e. The third-order valence-corrected chi connectivity index (χ3v) is 2.19. The Morgan fingerprint density at radius 3 is 2.75 bits per heavy atom. The Morgan fingerprint density at radius 1 is 1.50 bits per heavy atom. The molecular weight excluding hydrogens is 273 g/mol. The normalized spacial score (nSPS) is 11.7. The summed E-state index contributed by atoms with van der Waals surface area (Å²) in [6, 6.07) is 6.00. The number of hydrogen-bond acceptors (Lipinski definition) is 4. The molecule has 0 radical (unpaired) electrons. The van der Waals surface area contributed by atoms with Crippen LogP contribution in [0.25, 0.3) is 0 Å². The van der Waals surface area contributed by atoms with E-state index in [1.165, 1.54) is 12.1 Å². The van der Waals surface area contributed by atoms with E-state index in [2.05, 4.69) is 10.1 Å². The summed E-state index contributed by atoms with van der Waals surface area (Å²) in [5, 5.41) is 11.2. The molecule has 0 aliphatic rings. The Balaban J connectivity index is 2.89. The molecule has 20 heavy (non-hydrogen) atoms. The molecule has 0 amide bonds. The van der Waals surface area contributed by atoms with Crippen LogP contribution in [0.1, 0.15) is 12.5 Å². The van der Waals surface area contributed by atoms with Crippen LogP contribution in [0.2, 0.25) is 0 Å². The van der Waals surface area contributed by atoms with Gasteiger partial charge in [0.05, 0.1) is 12.2 Å². The van der Waals surface area contributed by atoms with Gasteiger partial charge in [0.2, 0.25) is 0 Å². The quantitative estimate of drug-likeness (QED) is 0.524. The Hall–Kier alpha value is -2.49. The number of alkyl halides is 3. The van der Waals surface area contributed by atoms with Crippen LogP contribution in [0, 0.1) is 11.3 Å². The highest BCUT2D eigenvalue weighted by Gasteiger charge is 2.30. The monoisotopic (exact) mass is 284 g/mol. The highest BCUT2D eigenvalue weighted by Crippen LogP contribution is 2.30. The van der Waals surface area contributed by atoms with Crippen LogP contribution in [-0.2, 0) is 15.7 Å². The van der Waals surface area contributed by atoms with E-state index in [0.717, 1.165) is 18.3 Å². The summed E-state index contributed by atoms with van der Waals surface area (Å²) in [5.74, 6) is -0.838. The molecule has 0 saturated carbocycles. The van der Waals surface area contributed by atoms with Crippen molar-refractivity contribution in [1.29, 1.82) is 5.26 Å². The van der Waals surface area contributed by atoms with Gasteiger partial charge >= 0.3 is 12.1 Å². The summed E-state index contributed by atoms with van der Waals surface area (Å²) in [6.45, 7) is 1.68. The molecule has 0 bridgehead atoms. The Labute approximate surface area is 113 Å². The molecule has 0 heterocycles. The lowest BCUT2D eigenvalue weighted by Gasteiger charge is -2.08. The number of esters is 1. The lowest BCUT2D eigenvalue weighted by molar-refractivity contribution is -0.138. The summed E-state index contributed by atoms with van der Waals surface area (Å²) in [4.78, 5) is 11.3. The van der Waals surface area contributed by atoms with E-state index < -0.39 is 17.7 Å². The first-order chi connectivity index (χ1) is 9.38. The van der Waals surface area contributed by atoms with Crippen LogP contribution < -0.4 is 5.32 Å². The molecule has 1 N–H and O–H groups in total. The van der Waals surface area contributed by atoms with Gasteiger partial charge in [0, 0.05) is 11.9 Å². The fourth-order valence-electron chi connectivity index (χ4n) is 1.29. The smallest absolute Gasteiger partial charge is 0.416 e. The van der Waals surface area contributed by atoms with E-state index >= 15 is 0 Å². The molecule has 0 aromatic heterocycles. The Bertz CT molecular complexity index is 559. The fraction of sp³-hybridized carbons (Fsp3) is 0.231. The maximum atomic E-state index is 12.5. The van der Waals surface area contributed by atoms with Crippen molar-refractivity contribution in [2.24, 2.45) is 0 Å². The first-order valence-electron chi connectivity index (χ1n) is 5.59. The van der Waals surface area contributed by atoms with E-state index in [1.54, 1.807) is 13.0 Å². The number of halogens is 3. The van der Waals surface area contributed by atoms with Crippen molar-refractivity contribution < 1.29 is 22.7 Å². The van der Waals surface area contributed by atoms with Crippen molar-refractivity contribution in [1.82, 2.24) is 0 Å². The molecule has 1 aromatic rings. The number of nitrogens with zero attached hydrogens (tertiary/aromatic N) is 1. The molecule has 4 nitrogen and oxygen atoms in total. The standard InChI is InChI=1S/C13H11F3N2O2/c1-2-20-12(19)9(7-17)8-18-11-5-3-4-10(6-11)13(14,15)16/h3-6,8,18H,2H2,1H3. The first-order valence-corrected chi connectivity index (χ1v) is 5.59. The van der Waals surface area contributed by atoms with Crippen molar-refractivity contribution in [2.45, 2.75) is 13.1 Å². The molecule has 106 valence electrons. The second-order valence-electron chi connectivity index (χ2n) is 3.61. The van der Waals surface area contributed by atoms with Crippen LogP contribution in [0.4, 0.5) is 18.9 Å². The number of benzene rings is 1.